The molecule has 3 heteroatoms. The molecule has 0 radical (unpaired) electrons. The third-order valence-electron chi connectivity index (χ3n) is 2.04. The van der Waals surface area contributed by atoms with Crippen molar-refractivity contribution in [3.05, 3.63) is 35.9 Å². The average Bonchev–Trinajstić information content (AvgIpc) is 2.25. The molecule has 0 bridgehead atoms. The van der Waals surface area contributed by atoms with E-state index in [1.165, 1.54) is 0 Å². The lowest BCUT2D eigenvalue weighted by Gasteiger charge is -2.14. The van der Waals surface area contributed by atoms with Gasteiger partial charge in [-0.15, -0.1) is 0 Å². The Balaban J connectivity index is 2.44. The first-order valence-corrected chi connectivity index (χ1v) is 4.68. The third kappa shape index (κ3) is 3.68. The second-order valence-electron chi connectivity index (χ2n) is 3.14. The molecular formula is C11H15NO2. The van der Waals surface area contributed by atoms with Gasteiger partial charge in [-0.25, -0.2) is 0 Å². The van der Waals surface area contributed by atoms with Crippen LogP contribution < -0.4 is 5.32 Å². The molecule has 3 nitrogen and oxygen atoms in total. The van der Waals surface area contributed by atoms with Gasteiger partial charge in [-0.1, -0.05) is 30.3 Å². The van der Waals surface area contributed by atoms with E-state index in [2.05, 4.69) is 5.32 Å². The highest BCUT2D eigenvalue weighted by Crippen LogP contribution is 2.02. The highest BCUT2D eigenvalue weighted by Gasteiger charge is 2.06. The van der Waals surface area contributed by atoms with Crippen LogP contribution in [0.5, 0.6) is 0 Å². The van der Waals surface area contributed by atoms with Gasteiger partial charge in [0, 0.05) is 6.04 Å². The quantitative estimate of drug-likeness (QED) is 0.642. The summed E-state index contributed by atoms with van der Waals surface area (Å²) in [6.45, 7) is 0.334. The third-order valence-corrected chi connectivity index (χ3v) is 2.04. The molecule has 1 aromatic carbocycles. The summed E-state index contributed by atoms with van der Waals surface area (Å²) < 4.78 is 0. The molecule has 76 valence electrons. The molecule has 0 spiro atoms. The van der Waals surface area contributed by atoms with Gasteiger partial charge in [-0.2, -0.15) is 0 Å². The normalized spacial score (nSPS) is 12.4. The lowest BCUT2D eigenvalue weighted by atomic mass is 10.1. The topological polar surface area (TPSA) is 49.3 Å². The molecule has 0 aliphatic carbocycles. The van der Waals surface area contributed by atoms with Gasteiger partial charge in [-0.3, -0.25) is 0 Å². The van der Waals surface area contributed by atoms with Crippen molar-refractivity contribution in [3.8, 4) is 0 Å². The summed E-state index contributed by atoms with van der Waals surface area (Å²) in [5.41, 5.74) is 1.16. The van der Waals surface area contributed by atoms with Crippen LogP contribution in [0.2, 0.25) is 0 Å². The van der Waals surface area contributed by atoms with E-state index in [9.17, 15) is 4.79 Å². The number of aldehydes is 1. The van der Waals surface area contributed by atoms with Gasteiger partial charge in [0.1, 0.15) is 6.29 Å². The zero-order valence-electron chi connectivity index (χ0n) is 8.02. The molecule has 0 aromatic heterocycles. The lowest BCUT2D eigenvalue weighted by Crippen LogP contribution is -2.35. The first kappa shape index (κ1) is 10.9. The van der Waals surface area contributed by atoms with Crippen molar-refractivity contribution in [2.75, 3.05) is 13.2 Å². The van der Waals surface area contributed by atoms with Crippen LogP contribution in [-0.2, 0) is 11.2 Å². The Hall–Kier alpha value is -1.19. The molecule has 1 rings (SSSR count). The van der Waals surface area contributed by atoms with Gasteiger partial charge >= 0.3 is 0 Å². The van der Waals surface area contributed by atoms with E-state index in [4.69, 9.17) is 5.11 Å². The van der Waals surface area contributed by atoms with E-state index >= 15 is 0 Å². The van der Waals surface area contributed by atoms with E-state index in [-0.39, 0.29) is 19.2 Å². The van der Waals surface area contributed by atoms with Crippen LogP contribution in [0.15, 0.2) is 30.3 Å². The van der Waals surface area contributed by atoms with E-state index in [0.29, 0.717) is 0 Å². The smallest absolute Gasteiger partial charge is 0.133 e. The predicted molar refractivity (Wildman–Crippen MR) is 55.1 cm³/mol. The molecule has 0 fully saturated rings. The van der Waals surface area contributed by atoms with Crippen LogP contribution in [-0.4, -0.2) is 30.6 Å². The fourth-order valence-electron chi connectivity index (χ4n) is 1.31. The lowest BCUT2D eigenvalue weighted by molar-refractivity contribution is -0.107. The first-order chi connectivity index (χ1) is 6.86. The molecule has 0 saturated carbocycles. The van der Waals surface area contributed by atoms with Crippen molar-refractivity contribution in [1.29, 1.82) is 0 Å². The Kier molecular flexibility index (Phi) is 4.89. The predicted octanol–water partition coefficient (Wildman–Crippen LogP) is 0.378. The second kappa shape index (κ2) is 6.29. The number of rotatable bonds is 6. The summed E-state index contributed by atoms with van der Waals surface area (Å²) in [5.74, 6) is 0. The molecule has 0 amide bonds. The highest BCUT2D eigenvalue weighted by atomic mass is 16.3. The number of hydrogen-bond acceptors (Lipinski definition) is 3. The standard InChI is InChI=1S/C11H15NO2/c13-7-6-12-11(9-14)8-10-4-2-1-3-5-10/h1-5,7,11-12,14H,6,8-9H2. The number of hydrogen-bond donors (Lipinski definition) is 2. The van der Waals surface area contributed by atoms with Crippen molar-refractivity contribution in [2.45, 2.75) is 12.5 Å². The van der Waals surface area contributed by atoms with Crippen molar-refractivity contribution < 1.29 is 9.90 Å². The van der Waals surface area contributed by atoms with Crippen molar-refractivity contribution in [2.24, 2.45) is 0 Å². The Morgan fingerprint density at radius 2 is 2.07 bits per heavy atom. The zero-order valence-corrected chi connectivity index (χ0v) is 8.02. The molecule has 14 heavy (non-hydrogen) atoms. The fourth-order valence-corrected chi connectivity index (χ4v) is 1.31. The number of aliphatic hydroxyl groups excluding tert-OH is 1. The molecular weight excluding hydrogens is 178 g/mol. The largest absolute Gasteiger partial charge is 0.395 e. The molecule has 0 aliphatic rings. The van der Waals surface area contributed by atoms with Crippen LogP contribution in [0.1, 0.15) is 5.56 Å². The maximum atomic E-state index is 10.1. The molecule has 1 atom stereocenters. The van der Waals surface area contributed by atoms with E-state index in [1.807, 2.05) is 30.3 Å². The zero-order chi connectivity index (χ0) is 10.2. The highest BCUT2D eigenvalue weighted by molar-refractivity contribution is 5.51. The van der Waals surface area contributed by atoms with Gasteiger partial charge < -0.3 is 15.2 Å². The van der Waals surface area contributed by atoms with Crippen LogP contribution >= 0.6 is 0 Å². The summed E-state index contributed by atoms with van der Waals surface area (Å²) in [5, 5.41) is 12.0. The minimum absolute atomic E-state index is 0.0393. The summed E-state index contributed by atoms with van der Waals surface area (Å²) in [7, 11) is 0. The molecule has 1 unspecified atom stereocenters. The number of aliphatic hydroxyl groups is 1. The summed E-state index contributed by atoms with van der Waals surface area (Å²) >= 11 is 0. The van der Waals surface area contributed by atoms with Gasteiger partial charge in [0.25, 0.3) is 0 Å². The van der Waals surface area contributed by atoms with Gasteiger partial charge in [0.2, 0.25) is 0 Å². The second-order valence-corrected chi connectivity index (χ2v) is 3.14. The number of carbonyl (C=O) groups excluding carboxylic acids is 1. The number of nitrogens with one attached hydrogen (secondary N) is 1. The number of benzene rings is 1. The Morgan fingerprint density at radius 3 is 2.64 bits per heavy atom. The van der Waals surface area contributed by atoms with Crippen molar-refractivity contribution >= 4 is 6.29 Å². The average molecular weight is 193 g/mol. The SMILES string of the molecule is O=CCNC(CO)Cc1ccccc1. The maximum Gasteiger partial charge on any atom is 0.133 e. The Bertz CT molecular complexity index is 261. The van der Waals surface area contributed by atoms with Crippen LogP contribution in [0.25, 0.3) is 0 Å². The molecule has 0 heterocycles. The van der Waals surface area contributed by atoms with E-state index in [0.717, 1.165) is 18.3 Å². The molecule has 0 aliphatic heterocycles. The van der Waals surface area contributed by atoms with Gasteiger partial charge in [0.05, 0.1) is 13.2 Å². The van der Waals surface area contributed by atoms with E-state index in [1.54, 1.807) is 0 Å². The van der Waals surface area contributed by atoms with Crippen molar-refractivity contribution in [1.82, 2.24) is 5.32 Å². The van der Waals surface area contributed by atoms with Crippen LogP contribution in [0, 0.1) is 0 Å². The van der Waals surface area contributed by atoms with Crippen molar-refractivity contribution in [3.63, 3.8) is 0 Å². The summed E-state index contributed by atoms with van der Waals surface area (Å²) in [4.78, 5) is 10.1. The number of carbonyl (C=O) groups is 1. The molecule has 1 aromatic rings. The maximum absolute atomic E-state index is 10.1. The molecule has 2 N–H and O–H groups in total. The van der Waals surface area contributed by atoms with Gasteiger partial charge in [-0.05, 0) is 12.0 Å². The monoisotopic (exact) mass is 193 g/mol. The fraction of sp³-hybridized carbons (Fsp3) is 0.364. The first-order valence-electron chi connectivity index (χ1n) is 4.68. The Labute approximate surface area is 83.8 Å². The van der Waals surface area contributed by atoms with Crippen LogP contribution in [0.3, 0.4) is 0 Å². The molecule has 0 saturated heterocycles. The van der Waals surface area contributed by atoms with Crippen LogP contribution in [0.4, 0.5) is 0 Å². The summed E-state index contributed by atoms with van der Waals surface area (Å²) in [6, 6.07) is 9.85. The Morgan fingerprint density at radius 1 is 1.36 bits per heavy atom. The summed E-state index contributed by atoms with van der Waals surface area (Å²) in [6.07, 6.45) is 1.54. The minimum Gasteiger partial charge on any atom is -0.395 e. The van der Waals surface area contributed by atoms with Gasteiger partial charge in [0.15, 0.2) is 0 Å². The minimum atomic E-state index is -0.0393. The van der Waals surface area contributed by atoms with E-state index < -0.39 is 0 Å².